The molecule has 7 heteroatoms. The minimum atomic E-state index is 0. The average Bonchev–Trinajstić information content (AvgIpc) is 2.91. The highest BCUT2D eigenvalue weighted by molar-refractivity contribution is 14.0. The van der Waals surface area contributed by atoms with Crippen molar-refractivity contribution in [3.63, 3.8) is 0 Å². The van der Waals surface area contributed by atoms with Gasteiger partial charge < -0.3 is 25.2 Å². The first-order chi connectivity index (χ1) is 14.0. The smallest absolute Gasteiger partial charge is 0.191 e. The van der Waals surface area contributed by atoms with Gasteiger partial charge in [-0.1, -0.05) is 19.1 Å². The summed E-state index contributed by atoms with van der Waals surface area (Å²) < 4.78 is 6.13. The van der Waals surface area contributed by atoms with Gasteiger partial charge in [0.1, 0.15) is 5.75 Å². The van der Waals surface area contributed by atoms with Gasteiger partial charge in [-0.15, -0.1) is 24.0 Å². The third-order valence-electron chi connectivity index (χ3n) is 5.41. The molecule has 1 fully saturated rings. The van der Waals surface area contributed by atoms with E-state index >= 15 is 0 Å². The fourth-order valence-corrected chi connectivity index (χ4v) is 3.36. The summed E-state index contributed by atoms with van der Waals surface area (Å²) in [5.41, 5.74) is 2.34. The van der Waals surface area contributed by atoms with E-state index in [9.17, 15) is 0 Å². The zero-order chi connectivity index (χ0) is 21.1. The number of benzene rings is 1. The number of halogens is 1. The Balaban J connectivity index is 0.00000450. The molecule has 6 nitrogen and oxygen atoms in total. The van der Waals surface area contributed by atoms with Gasteiger partial charge in [-0.2, -0.15) is 0 Å². The van der Waals surface area contributed by atoms with Gasteiger partial charge in [0.05, 0.1) is 12.6 Å². The number of hydrogen-bond donors (Lipinski definition) is 2. The number of rotatable bonds is 9. The van der Waals surface area contributed by atoms with Crippen molar-refractivity contribution in [3.8, 4) is 5.75 Å². The monoisotopic (exact) mass is 531 g/mol. The first-order valence-electron chi connectivity index (χ1n) is 11.2. The molecule has 0 radical (unpaired) electrons. The molecule has 1 saturated heterocycles. The van der Waals surface area contributed by atoms with Crippen LogP contribution in [0.1, 0.15) is 44.7 Å². The van der Waals surface area contributed by atoms with Crippen LogP contribution in [0.25, 0.3) is 0 Å². The Morgan fingerprint density at radius 2 is 1.97 bits per heavy atom. The van der Waals surface area contributed by atoms with Crippen LogP contribution in [0.5, 0.6) is 5.75 Å². The van der Waals surface area contributed by atoms with Crippen LogP contribution in [-0.4, -0.2) is 74.7 Å². The van der Waals surface area contributed by atoms with Crippen molar-refractivity contribution in [2.45, 2.75) is 53.2 Å². The van der Waals surface area contributed by atoms with E-state index in [4.69, 9.17) is 9.73 Å². The van der Waals surface area contributed by atoms with Crippen LogP contribution in [0.2, 0.25) is 0 Å². The predicted molar refractivity (Wildman–Crippen MR) is 138 cm³/mol. The van der Waals surface area contributed by atoms with E-state index in [0.717, 1.165) is 56.4 Å². The molecular weight excluding hydrogens is 489 g/mol. The van der Waals surface area contributed by atoms with Gasteiger partial charge in [-0.25, -0.2) is 4.99 Å². The Morgan fingerprint density at radius 3 is 2.70 bits per heavy atom. The normalized spacial score (nSPS) is 17.0. The molecule has 1 aliphatic rings. The molecule has 1 aliphatic heterocycles. The molecule has 30 heavy (non-hydrogen) atoms. The maximum absolute atomic E-state index is 6.13. The summed E-state index contributed by atoms with van der Waals surface area (Å²) >= 11 is 0. The van der Waals surface area contributed by atoms with Crippen molar-refractivity contribution in [1.82, 2.24) is 20.4 Å². The number of nitrogens with one attached hydrogen (secondary N) is 2. The quantitative estimate of drug-likeness (QED) is 0.291. The summed E-state index contributed by atoms with van der Waals surface area (Å²) in [6, 6.07) is 6.38. The van der Waals surface area contributed by atoms with Crippen LogP contribution in [0, 0.1) is 6.92 Å². The molecule has 0 bridgehead atoms. The summed E-state index contributed by atoms with van der Waals surface area (Å²) in [4.78, 5) is 9.76. The second-order valence-corrected chi connectivity index (χ2v) is 8.07. The van der Waals surface area contributed by atoms with Crippen molar-refractivity contribution in [1.29, 1.82) is 0 Å². The van der Waals surface area contributed by atoms with Gasteiger partial charge in [0, 0.05) is 38.3 Å². The topological polar surface area (TPSA) is 52.1 Å². The standard InChI is InChI=1S/C23H41N5O.HI/c1-6-20(4)29-22-17-19(3)9-10-21(22)18-26-23(24-7-2)25-11-14-28-13-8-12-27(5)15-16-28;/h9-10,17,20H,6-8,11-16,18H2,1-5H3,(H2,24,25,26);1H. The fourth-order valence-electron chi connectivity index (χ4n) is 3.36. The average molecular weight is 532 g/mol. The molecule has 2 rings (SSSR count). The van der Waals surface area contributed by atoms with E-state index in [2.05, 4.69) is 73.4 Å². The number of ether oxygens (including phenoxy) is 1. The van der Waals surface area contributed by atoms with Gasteiger partial charge in [-0.3, -0.25) is 0 Å². The zero-order valence-corrected chi connectivity index (χ0v) is 21.9. The lowest BCUT2D eigenvalue weighted by Gasteiger charge is -2.21. The van der Waals surface area contributed by atoms with Gasteiger partial charge in [-0.05, 0) is 65.4 Å². The summed E-state index contributed by atoms with van der Waals surface area (Å²) in [5.74, 6) is 1.82. The lowest BCUT2D eigenvalue weighted by molar-refractivity contribution is 0.215. The molecule has 1 aromatic rings. The first kappa shape index (κ1) is 27.0. The number of aryl methyl sites for hydroxylation is 1. The molecule has 172 valence electrons. The van der Waals surface area contributed by atoms with Gasteiger partial charge in [0.25, 0.3) is 0 Å². The van der Waals surface area contributed by atoms with Crippen LogP contribution in [0.15, 0.2) is 23.2 Å². The van der Waals surface area contributed by atoms with Crippen LogP contribution < -0.4 is 15.4 Å². The van der Waals surface area contributed by atoms with Crippen LogP contribution in [0.3, 0.4) is 0 Å². The highest BCUT2D eigenvalue weighted by Crippen LogP contribution is 2.23. The SMILES string of the molecule is CCNC(=NCc1ccc(C)cc1OC(C)CC)NCCN1CCCN(C)CC1.I. The van der Waals surface area contributed by atoms with Crippen molar-refractivity contribution in [3.05, 3.63) is 29.3 Å². The minimum Gasteiger partial charge on any atom is -0.490 e. The second kappa shape index (κ2) is 14.9. The molecule has 1 atom stereocenters. The van der Waals surface area contributed by atoms with Crippen molar-refractivity contribution in [2.75, 3.05) is 52.9 Å². The van der Waals surface area contributed by atoms with Crippen molar-refractivity contribution in [2.24, 2.45) is 4.99 Å². The molecule has 0 amide bonds. The maximum atomic E-state index is 6.13. The fraction of sp³-hybridized carbons (Fsp3) is 0.696. The lowest BCUT2D eigenvalue weighted by atomic mass is 10.1. The largest absolute Gasteiger partial charge is 0.490 e. The van der Waals surface area contributed by atoms with Crippen molar-refractivity contribution < 1.29 is 4.74 Å². The second-order valence-electron chi connectivity index (χ2n) is 8.07. The Hall–Kier alpha value is -1.06. The third-order valence-corrected chi connectivity index (χ3v) is 5.41. The maximum Gasteiger partial charge on any atom is 0.191 e. The molecule has 0 spiro atoms. The lowest BCUT2D eigenvalue weighted by Crippen LogP contribution is -2.42. The van der Waals surface area contributed by atoms with Crippen LogP contribution >= 0.6 is 24.0 Å². The third kappa shape index (κ3) is 9.83. The zero-order valence-electron chi connectivity index (χ0n) is 19.5. The van der Waals surface area contributed by atoms with Crippen molar-refractivity contribution >= 4 is 29.9 Å². The highest BCUT2D eigenvalue weighted by atomic mass is 127. The van der Waals surface area contributed by atoms with E-state index in [0.29, 0.717) is 6.54 Å². The van der Waals surface area contributed by atoms with Gasteiger partial charge in [0.15, 0.2) is 5.96 Å². The number of hydrogen-bond acceptors (Lipinski definition) is 4. The minimum absolute atomic E-state index is 0. The van der Waals surface area contributed by atoms with Crippen LogP contribution in [0.4, 0.5) is 0 Å². The summed E-state index contributed by atoms with van der Waals surface area (Å²) in [5, 5.41) is 6.86. The Labute approximate surface area is 200 Å². The number of nitrogens with zero attached hydrogens (tertiary/aromatic N) is 3. The highest BCUT2D eigenvalue weighted by Gasteiger charge is 2.12. The van der Waals surface area contributed by atoms with E-state index in [1.807, 2.05) is 0 Å². The molecule has 0 aliphatic carbocycles. The van der Waals surface area contributed by atoms with Gasteiger partial charge in [0.2, 0.25) is 0 Å². The molecule has 2 N–H and O–H groups in total. The molecule has 0 aromatic heterocycles. The molecular formula is C23H42IN5O. The molecule has 0 saturated carbocycles. The summed E-state index contributed by atoms with van der Waals surface area (Å²) in [7, 11) is 2.21. The van der Waals surface area contributed by atoms with E-state index in [-0.39, 0.29) is 30.1 Å². The Morgan fingerprint density at radius 1 is 1.17 bits per heavy atom. The first-order valence-corrected chi connectivity index (χ1v) is 11.2. The summed E-state index contributed by atoms with van der Waals surface area (Å²) in [6.07, 6.45) is 2.45. The van der Waals surface area contributed by atoms with E-state index in [1.54, 1.807) is 0 Å². The van der Waals surface area contributed by atoms with E-state index in [1.165, 1.54) is 25.1 Å². The number of likely N-dealkylation sites (N-methyl/N-ethyl adjacent to an activating group) is 1. The summed E-state index contributed by atoms with van der Waals surface area (Å²) in [6.45, 7) is 16.5. The molecule has 1 unspecified atom stereocenters. The number of aliphatic imine (C=N–C) groups is 1. The molecule has 1 heterocycles. The Kier molecular flexibility index (Phi) is 13.4. The van der Waals surface area contributed by atoms with Crippen LogP contribution in [-0.2, 0) is 6.54 Å². The Bertz CT molecular complexity index is 640. The molecule has 1 aromatic carbocycles. The van der Waals surface area contributed by atoms with Gasteiger partial charge >= 0.3 is 0 Å². The number of guanidine groups is 1. The predicted octanol–water partition coefficient (Wildman–Crippen LogP) is 3.48. The van der Waals surface area contributed by atoms with E-state index < -0.39 is 0 Å².